The first kappa shape index (κ1) is 15.3. The molecule has 0 aromatic carbocycles. The number of aromatic nitrogens is 1. The van der Waals surface area contributed by atoms with Gasteiger partial charge in [-0.3, -0.25) is 9.78 Å². The van der Waals surface area contributed by atoms with Gasteiger partial charge in [0.1, 0.15) is 17.1 Å². The molecule has 0 aliphatic carbocycles. The molecule has 0 aliphatic heterocycles. The van der Waals surface area contributed by atoms with E-state index in [1.165, 1.54) is 0 Å². The zero-order valence-electron chi connectivity index (χ0n) is 9.39. The number of carbonyl (C=O) groups is 1. The fourth-order valence-electron chi connectivity index (χ4n) is 1.33. The van der Waals surface area contributed by atoms with Gasteiger partial charge in [0, 0.05) is 0 Å². The third kappa shape index (κ3) is 3.58. The molecule has 0 fully saturated rings. The number of alkyl halides is 5. The molecule has 106 valence electrons. The lowest BCUT2D eigenvalue weighted by Crippen LogP contribution is -2.17. The van der Waals surface area contributed by atoms with Crippen molar-refractivity contribution < 1.29 is 35.9 Å². The van der Waals surface area contributed by atoms with Crippen LogP contribution in [-0.2, 0) is 22.1 Å². The number of carbonyl (C=O) groups excluding carboxylic acids is 1. The van der Waals surface area contributed by atoms with Crippen molar-refractivity contribution in [2.45, 2.75) is 19.0 Å². The average Bonchev–Trinajstić information content (AvgIpc) is 2.25. The van der Waals surface area contributed by atoms with E-state index in [1.54, 1.807) is 0 Å². The number of methoxy groups -OCH3 is 1. The van der Waals surface area contributed by atoms with Crippen molar-refractivity contribution >= 4 is 5.97 Å². The maximum Gasteiger partial charge on any atom is 0.421 e. The van der Waals surface area contributed by atoms with E-state index in [0.29, 0.717) is 0 Å². The van der Waals surface area contributed by atoms with Crippen LogP contribution in [0, 0.1) is 5.82 Å². The summed E-state index contributed by atoms with van der Waals surface area (Å²) in [6, 6.07) is 0.283. The molecule has 0 unspecified atom stereocenters. The van der Waals surface area contributed by atoms with E-state index in [2.05, 4.69) is 9.72 Å². The highest BCUT2D eigenvalue weighted by molar-refractivity contribution is 5.71. The molecule has 0 aliphatic rings. The number of rotatable bonds is 3. The van der Waals surface area contributed by atoms with E-state index < -0.39 is 47.8 Å². The van der Waals surface area contributed by atoms with Crippen molar-refractivity contribution in [3.8, 4) is 0 Å². The van der Waals surface area contributed by atoms with E-state index in [-0.39, 0.29) is 6.07 Å². The van der Waals surface area contributed by atoms with Gasteiger partial charge in [0.05, 0.1) is 19.2 Å². The van der Waals surface area contributed by atoms with Crippen LogP contribution < -0.4 is 0 Å². The molecule has 1 aromatic rings. The Labute approximate surface area is 103 Å². The highest BCUT2D eigenvalue weighted by Crippen LogP contribution is 2.37. The highest BCUT2D eigenvalue weighted by Gasteiger charge is 2.40. The van der Waals surface area contributed by atoms with Crippen LogP contribution in [0.5, 0.6) is 0 Å². The Hall–Kier alpha value is -1.80. The van der Waals surface area contributed by atoms with Gasteiger partial charge in [-0.05, 0) is 6.07 Å². The summed E-state index contributed by atoms with van der Waals surface area (Å²) < 4.78 is 79.7. The van der Waals surface area contributed by atoms with Crippen molar-refractivity contribution in [3.63, 3.8) is 0 Å². The van der Waals surface area contributed by atoms with Crippen molar-refractivity contribution in [3.05, 3.63) is 28.8 Å². The summed E-state index contributed by atoms with van der Waals surface area (Å²) in [5, 5.41) is 0. The number of halogens is 6. The van der Waals surface area contributed by atoms with Gasteiger partial charge in [0.2, 0.25) is 0 Å². The van der Waals surface area contributed by atoms with Gasteiger partial charge in [-0.1, -0.05) is 0 Å². The Kier molecular flexibility index (Phi) is 4.38. The lowest BCUT2D eigenvalue weighted by atomic mass is 10.1. The highest BCUT2D eigenvalue weighted by atomic mass is 19.4. The van der Waals surface area contributed by atoms with Crippen molar-refractivity contribution in [2.24, 2.45) is 0 Å². The Morgan fingerprint density at radius 3 is 2.42 bits per heavy atom. The van der Waals surface area contributed by atoms with Gasteiger partial charge in [-0.25, -0.2) is 13.2 Å². The smallest absolute Gasteiger partial charge is 0.421 e. The summed E-state index contributed by atoms with van der Waals surface area (Å²) in [6.45, 7) is 0. The van der Waals surface area contributed by atoms with Crippen LogP contribution in [0.25, 0.3) is 0 Å². The molecule has 0 atom stereocenters. The zero-order chi connectivity index (χ0) is 14.8. The van der Waals surface area contributed by atoms with Gasteiger partial charge in [-0.2, -0.15) is 13.2 Å². The number of nitrogens with zero attached hydrogens (tertiary/aromatic N) is 1. The minimum absolute atomic E-state index is 0.283. The lowest BCUT2D eigenvalue weighted by molar-refractivity contribution is -0.142. The van der Waals surface area contributed by atoms with Crippen molar-refractivity contribution in [2.75, 3.05) is 7.11 Å². The van der Waals surface area contributed by atoms with Gasteiger partial charge >= 0.3 is 12.1 Å². The predicted octanol–water partition coefficient (Wildman–Crippen LogP) is 2.89. The third-order valence-corrected chi connectivity index (χ3v) is 2.10. The quantitative estimate of drug-likeness (QED) is 0.634. The lowest BCUT2D eigenvalue weighted by Gasteiger charge is -2.13. The van der Waals surface area contributed by atoms with Gasteiger partial charge in [0.25, 0.3) is 6.43 Å². The predicted molar refractivity (Wildman–Crippen MR) is 49.9 cm³/mol. The number of ether oxygens (including phenoxy) is 1. The second-order valence-electron chi connectivity index (χ2n) is 3.41. The van der Waals surface area contributed by atoms with Crippen LogP contribution in [0.1, 0.15) is 23.4 Å². The summed E-state index contributed by atoms with van der Waals surface area (Å²) >= 11 is 0. The molecular formula is C10H7F6NO2. The fourth-order valence-corrected chi connectivity index (χ4v) is 1.33. The molecule has 1 heterocycles. The minimum Gasteiger partial charge on any atom is -0.469 e. The van der Waals surface area contributed by atoms with Crippen molar-refractivity contribution in [1.82, 2.24) is 4.98 Å². The van der Waals surface area contributed by atoms with Crippen LogP contribution in [0.15, 0.2) is 6.07 Å². The second kappa shape index (κ2) is 5.45. The monoisotopic (exact) mass is 287 g/mol. The summed E-state index contributed by atoms with van der Waals surface area (Å²) in [6.07, 6.45) is -9.62. The van der Waals surface area contributed by atoms with E-state index >= 15 is 0 Å². The van der Waals surface area contributed by atoms with Crippen LogP contribution in [0.4, 0.5) is 26.3 Å². The Morgan fingerprint density at radius 2 is 2.00 bits per heavy atom. The molecule has 3 nitrogen and oxygen atoms in total. The van der Waals surface area contributed by atoms with Crippen molar-refractivity contribution in [1.29, 1.82) is 0 Å². The van der Waals surface area contributed by atoms with Crippen LogP contribution in [0.2, 0.25) is 0 Å². The zero-order valence-corrected chi connectivity index (χ0v) is 9.39. The molecule has 0 spiro atoms. The van der Waals surface area contributed by atoms with E-state index in [1.807, 2.05) is 0 Å². The maximum atomic E-state index is 13.3. The molecule has 0 saturated carbocycles. The molecule has 1 aromatic heterocycles. The molecular weight excluding hydrogens is 280 g/mol. The molecule has 0 radical (unpaired) electrons. The number of esters is 1. The Bertz CT molecular complexity index is 486. The van der Waals surface area contributed by atoms with E-state index in [4.69, 9.17) is 0 Å². The number of hydrogen-bond donors (Lipinski definition) is 0. The van der Waals surface area contributed by atoms with Crippen LogP contribution in [-0.4, -0.2) is 18.1 Å². The maximum absolute atomic E-state index is 13.3. The molecule has 0 N–H and O–H groups in total. The Balaban J connectivity index is 3.34. The largest absolute Gasteiger partial charge is 0.469 e. The third-order valence-electron chi connectivity index (χ3n) is 2.10. The Morgan fingerprint density at radius 1 is 1.42 bits per heavy atom. The summed E-state index contributed by atoms with van der Waals surface area (Å²) in [4.78, 5) is 13.8. The van der Waals surface area contributed by atoms with Gasteiger partial charge < -0.3 is 4.74 Å². The summed E-state index contributed by atoms with van der Waals surface area (Å²) in [7, 11) is 0.983. The number of hydrogen-bond acceptors (Lipinski definition) is 3. The number of pyridine rings is 1. The molecule has 0 amide bonds. The first-order valence-electron chi connectivity index (χ1n) is 4.78. The second-order valence-corrected chi connectivity index (χ2v) is 3.41. The van der Waals surface area contributed by atoms with E-state index in [0.717, 1.165) is 7.11 Å². The normalized spacial score (nSPS) is 11.8. The first-order chi connectivity index (χ1) is 8.66. The first-order valence-corrected chi connectivity index (χ1v) is 4.78. The van der Waals surface area contributed by atoms with Gasteiger partial charge in [-0.15, -0.1) is 0 Å². The van der Waals surface area contributed by atoms with Gasteiger partial charge in [0.15, 0.2) is 0 Å². The summed E-state index contributed by atoms with van der Waals surface area (Å²) in [5.74, 6) is -2.84. The van der Waals surface area contributed by atoms with E-state index in [9.17, 15) is 31.1 Å². The molecule has 19 heavy (non-hydrogen) atoms. The minimum atomic E-state index is -5.30. The summed E-state index contributed by atoms with van der Waals surface area (Å²) in [5.41, 5.74) is -4.44. The SMILES string of the molecule is COC(=O)Cc1cc(F)c(C(F)(F)F)c(C(F)F)n1. The topological polar surface area (TPSA) is 39.2 Å². The standard InChI is InChI=1S/C10H7F6NO2/c1-19-6(18)3-4-2-5(11)7(10(14,15)16)8(17-4)9(12)13/h2,9H,3H2,1H3. The molecule has 9 heteroatoms. The average molecular weight is 287 g/mol. The van der Waals surface area contributed by atoms with Crippen LogP contribution in [0.3, 0.4) is 0 Å². The fraction of sp³-hybridized carbons (Fsp3) is 0.400. The molecule has 0 bridgehead atoms. The van der Waals surface area contributed by atoms with Crippen LogP contribution >= 0.6 is 0 Å². The molecule has 0 saturated heterocycles. The molecule has 1 rings (SSSR count).